The number of methoxy groups -OCH3 is 1. The van der Waals surface area contributed by atoms with Crippen LogP contribution in [-0.2, 0) is 11.3 Å². The topological polar surface area (TPSA) is 51.5 Å². The third kappa shape index (κ3) is 4.39. The molecule has 1 aliphatic carbocycles. The molecule has 19 heavy (non-hydrogen) atoms. The van der Waals surface area contributed by atoms with E-state index < -0.39 is 0 Å². The average molecular weight is 265 g/mol. The minimum atomic E-state index is -0.346. The minimum Gasteiger partial charge on any atom is -0.467 e. The quantitative estimate of drug-likeness (QED) is 0.849. The first-order chi connectivity index (χ1) is 9.29. The Kier molecular flexibility index (Phi) is 5.45. The Hall–Kier alpha value is -1.29. The number of hydrogen-bond donors (Lipinski definition) is 1. The maximum atomic E-state index is 11.3. The molecule has 0 radical (unpaired) electrons. The molecule has 1 aromatic rings. The van der Waals surface area contributed by atoms with E-state index in [4.69, 9.17) is 4.42 Å². The summed E-state index contributed by atoms with van der Waals surface area (Å²) in [5.41, 5.74) is 0.483. The number of nitrogens with one attached hydrogen (secondary N) is 1. The fraction of sp³-hybridized carbons (Fsp3) is 0.667. The summed E-state index contributed by atoms with van der Waals surface area (Å²) in [4.78, 5) is 11.3. The maximum absolute atomic E-state index is 11.3. The molecule has 0 aromatic carbocycles. The van der Waals surface area contributed by atoms with Gasteiger partial charge in [-0.3, -0.25) is 0 Å². The van der Waals surface area contributed by atoms with Gasteiger partial charge in [-0.05, 0) is 18.9 Å². The summed E-state index contributed by atoms with van der Waals surface area (Å²) >= 11 is 0. The summed E-state index contributed by atoms with van der Waals surface area (Å²) in [5.74, 6) is 0.448. The Morgan fingerprint density at radius 2 is 2.00 bits per heavy atom. The zero-order valence-electron chi connectivity index (χ0n) is 11.6. The number of furan rings is 1. The van der Waals surface area contributed by atoms with Crippen molar-refractivity contribution in [3.05, 3.63) is 23.7 Å². The van der Waals surface area contributed by atoms with Gasteiger partial charge in [0.15, 0.2) is 0 Å². The van der Waals surface area contributed by atoms with Crippen molar-refractivity contribution < 1.29 is 13.9 Å². The lowest BCUT2D eigenvalue weighted by Gasteiger charge is -2.20. The summed E-state index contributed by atoms with van der Waals surface area (Å²) in [5, 5.41) is 3.53. The van der Waals surface area contributed by atoms with Gasteiger partial charge in [-0.15, -0.1) is 0 Å². The van der Waals surface area contributed by atoms with Gasteiger partial charge in [0, 0.05) is 6.04 Å². The van der Waals surface area contributed by atoms with Crippen LogP contribution in [0.5, 0.6) is 0 Å². The van der Waals surface area contributed by atoms with Crippen molar-refractivity contribution in [2.24, 2.45) is 0 Å². The predicted molar refractivity (Wildman–Crippen MR) is 73.0 cm³/mol. The summed E-state index contributed by atoms with van der Waals surface area (Å²) < 4.78 is 10.0. The number of carbonyl (C=O) groups excluding carboxylic acids is 1. The highest BCUT2D eigenvalue weighted by atomic mass is 16.5. The molecule has 0 amide bonds. The van der Waals surface area contributed by atoms with Crippen molar-refractivity contribution in [2.75, 3.05) is 7.11 Å². The van der Waals surface area contributed by atoms with Crippen molar-refractivity contribution in [1.82, 2.24) is 5.32 Å². The first-order valence-electron chi connectivity index (χ1n) is 7.18. The van der Waals surface area contributed by atoms with Crippen LogP contribution in [0, 0.1) is 0 Å². The highest BCUT2D eigenvalue weighted by Crippen LogP contribution is 2.18. The Morgan fingerprint density at radius 1 is 1.32 bits per heavy atom. The fourth-order valence-corrected chi connectivity index (χ4v) is 2.60. The zero-order chi connectivity index (χ0) is 13.5. The van der Waals surface area contributed by atoms with Gasteiger partial charge in [0.1, 0.15) is 12.0 Å². The lowest BCUT2D eigenvalue weighted by Crippen LogP contribution is -2.29. The number of hydrogen-bond acceptors (Lipinski definition) is 4. The summed E-state index contributed by atoms with van der Waals surface area (Å²) in [6, 6.07) is 2.33. The molecule has 1 fully saturated rings. The average Bonchev–Trinajstić information content (AvgIpc) is 2.85. The molecular formula is C15H23NO3. The molecular weight excluding hydrogens is 242 g/mol. The highest BCUT2D eigenvalue weighted by molar-refractivity contribution is 5.88. The fourth-order valence-electron chi connectivity index (χ4n) is 2.60. The molecule has 1 aromatic heterocycles. The molecule has 1 N–H and O–H groups in total. The van der Waals surface area contributed by atoms with Gasteiger partial charge in [-0.1, -0.05) is 32.1 Å². The van der Waals surface area contributed by atoms with Crippen LogP contribution in [0.15, 0.2) is 16.7 Å². The summed E-state index contributed by atoms with van der Waals surface area (Å²) in [6.07, 6.45) is 10.6. The second kappa shape index (κ2) is 7.34. The molecule has 0 aliphatic heterocycles. The third-order valence-corrected chi connectivity index (χ3v) is 3.74. The van der Waals surface area contributed by atoms with Gasteiger partial charge < -0.3 is 14.5 Å². The second-order valence-corrected chi connectivity index (χ2v) is 5.22. The predicted octanol–water partition coefficient (Wildman–Crippen LogP) is 3.27. The Balaban J connectivity index is 1.80. The van der Waals surface area contributed by atoms with Gasteiger partial charge in [-0.2, -0.15) is 0 Å². The monoisotopic (exact) mass is 265 g/mol. The third-order valence-electron chi connectivity index (χ3n) is 3.74. The molecule has 1 saturated carbocycles. The van der Waals surface area contributed by atoms with Crippen molar-refractivity contribution in [2.45, 2.75) is 57.5 Å². The van der Waals surface area contributed by atoms with E-state index in [1.807, 2.05) is 0 Å². The first-order valence-corrected chi connectivity index (χ1v) is 7.18. The maximum Gasteiger partial charge on any atom is 0.341 e. The Bertz CT molecular complexity index is 392. The lowest BCUT2D eigenvalue weighted by molar-refractivity contribution is 0.0600. The first kappa shape index (κ1) is 14.1. The van der Waals surface area contributed by atoms with E-state index in [0.717, 1.165) is 5.76 Å². The van der Waals surface area contributed by atoms with Gasteiger partial charge >= 0.3 is 5.97 Å². The number of rotatable bonds is 4. The van der Waals surface area contributed by atoms with Crippen LogP contribution < -0.4 is 5.32 Å². The standard InChI is InChI=1S/C15H23NO3/c1-18-15(17)12-9-14(19-11-12)10-16-13-7-5-3-2-4-6-8-13/h9,11,13,16H,2-8,10H2,1H3. The van der Waals surface area contributed by atoms with E-state index in [-0.39, 0.29) is 5.97 Å². The van der Waals surface area contributed by atoms with Gasteiger partial charge in [0.05, 0.1) is 19.2 Å². The smallest absolute Gasteiger partial charge is 0.341 e. The molecule has 4 heteroatoms. The Morgan fingerprint density at radius 3 is 2.68 bits per heavy atom. The van der Waals surface area contributed by atoms with Gasteiger partial charge in [-0.25, -0.2) is 4.79 Å². The van der Waals surface area contributed by atoms with Crippen molar-refractivity contribution in [3.8, 4) is 0 Å². The van der Waals surface area contributed by atoms with Gasteiger partial charge in [0.2, 0.25) is 0 Å². The van der Waals surface area contributed by atoms with E-state index >= 15 is 0 Å². The molecule has 1 heterocycles. The van der Waals surface area contributed by atoms with Gasteiger partial charge in [0.25, 0.3) is 0 Å². The summed E-state index contributed by atoms with van der Waals surface area (Å²) in [6.45, 7) is 0.682. The molecule has 2 rings (SSSR count). The van der Waals surface area contributed by atoms with E-state index in [2.05, 4.69) is 10.1 Å². The molecule has 0 bridgehead atoms. The van der Waals surface area contributed by atoms with E-state index in [9.17, 15) is 4.79 Å². The van der Waals surface area contributed by atoms with E-state index in [1.165, 1.54) is 58.3 Å². The van der Waals surface area contributed by atoms with E-state index in [0.29, 0.717) is 18.2 Å². The normalized spacial score (nSPS) is 17.7. The molecule has 106 valence electrons. The minimum absolute atomic E-state index is 0.346. The number of ether oxygens (including phenoxy) is 1. The van der Waals surface area contributed by atoms with Crippen molar-refractivity contribution >= 4 is 5.97 Å². The molecule has 0 spiro atoms. The second-order valence-electron chi connectivity index (χ2n) is 5.22. The molecule has 4 nitrogen and oxygen atoms in total. The van der Waals surface area contributed by atoms with E-state index in [1.54, 1.807) is 6.07 Å². The number of esters is 1. The van der Waals surface area contributed by atoms with Crippen LogP contribution >= 0.6 is 0 Å². The molecule has 0 atom stereocenters. The van der Waals surface area contributed by atoms with Crippen molar-refractivity contribution in [3.63, 3.8) is 0 Å². The highest BCUT2D eigenvalue weighted by Gasteiger charge is 2.13. The SMILES string of the molecule is COC(=O)c1coc(CNC2CCCCCCC2)c1. The Labute approximate surface area is 114 Å². The molecule has 0 unspecified atom stereocenters. The van der Waals surface area contributed by atoms with Crippen LogP contribution in [0.4, 0.5) is 0 Å². The number of carbonyl (C=O) groups is 1. The van der Waals surface area contributed by atoms with Crippen LogP contribution in [-0.4, -0.2) is 19.1 Å². The zero-order valence-corrected chi connectivity index (χ0v) is 11.6. The van der Waals surface area contributed by atoms with Crippen LogP contribution in [0.25, 0.3) is 0 Å². The molecule has 0 saturated heterocycles. The van der Waals surface area contributed by atoms with Crippen molar-refractivity contribution in [1.29, 1.82) is 0 Å². The van der Waals surface area contributed by atoms with Crippen LogP contribution in [0.1, 0.15) is 61.1 Å². The summed E-state index contributed by atoms with van der Waals surface area (Å²) in [7, 11) is 1.38. The van der Waals surface area contributed by atoms with Crippen LogP contribution in [0.2, 0.25) is 0 Å². The largest absolute Gasteiger partial charge is 0.467 e. The molecule has 1 aliphatic rings. The lowest BCUT2D eigenvalue weighted by atomic mass is 9.97. The van der Waals surface area contributed by atoms with Crippen LogP contribution in [0.3, 0.4) is 0 Å².